The molecule has 3 aromatic carbocycles. The van der Waals surface area contributed by atoms with Crippen molar-refractivity contribution in [1.82, 2.24) is 0 Å². The van der Waals surface area contributed by atoms with E-state index in [9.17, 15) is 0 Å². The highest BCUT2D eigenvalue weighted by Gasteiger charge is 2.19. The number of hydrogen-bond acceptors (Lipinski definition) is 0. The Kier molecular flexibility index (Phi) is 5.12. The Hall–Kier alpha value is -2.86. The fraction of sp³-hybridized carbons (Fsp3) is 0.154. The SMILES string of the molecule is C1=CCCC(C(c2ccccc2)c2ccc(Cc3ccccc3)cc2)=C1. The third-order valence-corrected chi connectivity index (χ3v) is 5.11. The van der Waals surface area contributed by atoms with E-state index in [2.05, 4.69) is 103 Å². The van der Waals surface area contributed by atoms with Crippen LogP contribution in [0.1, 0.15) is 41.0 Å². The summed E-state index contributed by atoms with van der Waals surface area (Å²) in [6.45, 7) is 0. The standard InChI is InChI=1S/C26H24/c1-4-10-21(11-5-1)20-22-16-18-25(19-17-22)26(23-12-6-2-7-13-23)24-14-8-3-9-15-24/h1-8,10-14,16-19,26H,9,15,20H2. The van der Waals surface area contributed by atoms with Gasteiger partial charge in [0, 0.05) is 5.92 Å². The van der Waals surface area contributed by atoms with Gasteiger partial charge in [-0.1, -0.05) is 109 Å². The van der Waals surface area contributed by atoms with Crippen LogP contribution in [0.3, 0.4) is 0 Å². The maximum atomic E-state index is 2.31. The van der Waals surface area contributed by atoms with E-state index in [0.717, 1.165) is 19.3 Å². The van der Waals surface area contributed by atoms with Gasteiger partial charge in [-0.3, -0.25) is 0 Å². The molecular weight excluding hydrogens is 312 g/mol. The van der Waals surface area contributed by atoms with E-state index < -0.39 is 0 Å². The quantitative estimate of drug-likeness (QED) is 0.487. The molecule has 1 aliphatic carbocycles. The van der Waals surface area contributed by atoms with Crippen LogP contribution < -0.4 is 0 Å². The number of benzene rings is 3. The number of allylic oxidation sites excluding steroid dienone is 4. The molecule has 4 rings (SSSR count). The Labute approximate surface area is 156 Å². The van der Waals surface area contributed by atoms with Crippen LogP contribution in [-0.2, 0) is 6.42 Å². The van der Waals surface area contributed by atoms with Crippen molar-refractivity contribution in [2.75, 3.05) is 0 Å². The van der Waals surface area contributed by atoms with Crippen molar-refractivity contribution in [3.8, 4) is 0 Å². The highest BCUT2D eigenvalue weighted by Crippen LogP contribution is 2.35. The molecule has 0 amide bonds. The molecule has 0 aliphatic heterocycles. The predicted octanol–water partition coefficient (Wildman–Crippen LogP) is 6.69. The molecule has 0 heteroatoms. The molecule has 1 atom stereocenters. The molecule has 0 heterocycles. The molecule has 1 aliphatic rings. The molecule has 0 N–H and O–H groups in total. The fourth-order valence-corrected chi connectivity index (χ4v) is 3.79. The summed E-state index contributed by atoms with van der Waals surface area (Å²) in [5.74, 6) is 0.354. The third-order valence-electron chi connectivity index (χ3n) is 5.11. The smallest absolute Gasteiger partial charge is 0.0302 e. The Morgan fingerprint density at radius 1 is 0.654 bits per heavy atom. The van der Waals surface area contributed by atoms with E-state index in [0.29, 0.717) is 5.92 Å². The van der Waals surface area contributed by atoms with Crippen molar-refractivity contribution in [1.29, 1.82) is 0 Å². The van der Waals surface area contributed by atoms with Crippen LogP contribution in [0.5, 0.6) is 0 Å². The summed E-state index contributed by atoms with van der Waals surface area (Å²) in [4.78, 5) is 0. The van der Waals surface area contributed by atoms with Crippen LogP contribution in [0.15, 0.2) is 109 Å². The molecule has 0 saturated heterocycles. The first-order valence-corrected chi connectivity index (χ1v) is 9.43. The Morgan fingerprint density at radius 2 is 1.27 bits per heavy atom. The summed E-state index contributed by atoms with van der Waals surface area (Å²) < 4.78 is 0. The van der Waals surface area contributed by atoms with Gasteiger partial charge in [0.1, 0.15) is 0 Å². The van der Waals surface area contributed by atoms with E-state index in [4.69, 9.17) is 0 Å². The second kappa shape index (κ2) is 8.01. The molecule has 3 aromatic rings. The molecular formula is C26H24. The maximum Gasteiger partial charge on any atom is 0.0302 e. The Bertz CT molecular complexity index is 884. The highest BCUT2D eigenvalue weighted by atomic mass is 14.2. The van der Waals surface area contributed by atoms with E-state index in [1.807, 2.05) is 0 Å². The molecule has 0 radical (unpaired) electrons. The zero-order chi connectivity index (χ0) is 17.6. The fourth-order valence-electron chi connectivity index (χ4n) is 3.79. The minimum atomic E-state index is 0.354. The van der Waals surface area contributed by atoms with Gasteiger partial charge in [-0.2, -0.15) is 0 Å². The molecule has 0 saturated carbocycles. The first-order valence-electron chi connectivity index (χ1n) is 9.43. The topological polar surface area (TPSA) is 0 Å². The molecule has 1 unspecified atom stereocenters. The molecule has 0 spiro atoms. The number of rotatable bonds is 5. The molecule has 0 bridgehead atoms. The van der Waals surface area contributed by atoms with Gasteiger partial charge in [0.15, 0.2) is 0 Å². The lowest BCUT2D eigenvalue weighted by molar-refractivity contribution is 0.830. The van der Waals surface area contributed by atoms with Crippen molar-refractivity contribution in [2.45, 2.75) is 25.2 Å². The molecule has 128 valence electrons. The zero-order valence-corrected chi connectivity index (χ0v) is 15.0. The predicted molar refractivity (Wildman–Crippen MR) is 110 cm³/mol. The first kappa shape index (κ1) is 16.6. The third kappa shape index (κ3) is 3.86. The summed E-state index contributed by atoms with van der Waals surface area (Å²) >= 11 is 0. The van der Waals surface area contributed by atoms with Gasteiger partial charge < -0.3 is 0 Å². The van der Waals surface area contributed by atoms with E-state index >= 15 is 0 Å². The Morgan fingerprint density at radius 3 is 1.92 bits per heavy atom. The van der Waals surface area contributed by atoms with Gasteiger partial charge in [0.25, 0.3) is 0 Å². The summed E-state index contributed by atoms with van der Waals surface area (Å²) in [6.07, 6.45) is 10.0. The average molecular weight is 336 g/mol. The molecule has 26 heavy (non-hydrogen) atoms. The largest absolute Gasteiger partial charge is 0.0842 e. The molecule has 0 aromatic heterocycles. The van der Waals surface area contributed by atoms with Gasteiger partial charge in [0.05, 0.1) is 0 Å². The van der Waals surface area contributed by atoms with Gasteiger partial charge in [-0.05, 0) is 41.5 Å². The summed E-state index contributed by atoms with van der Waals surface area (Å²) in [5.41, 5.74) is 7.00. The van der Waals surface area contributed by atoms with Crippen LogP contribution in [-0.4, -0.2) is 0 Å². The monoisotopic (exact) mass is 336 g/mol. The van der Waals surface area contributed by atoms with Gasteiger partial charge in [-0.15, -0.1) is 0 Å². The highest BCUT2D eigenvalue weighted by molar-refractivity contribution is 5.44. The summed E-state index contributed by atoms with van der Waals surface area (Å²) in [5, 5.41) is 0. The Balaban J connectivity index is 1.63. The molecule has 0 nitrogen and oxygen atoms in total. The molecule has 0 fully saturated rings. The van der Waals surface area contributed by atoms with E-state index in [-0.39, 0.29) is 0 Å². The van der Waals surface area contributed by atoms with Crippen LogP contribution in [0, 0.1) is 0 Å². The van der Waals surface area contributed by atoms with Crippen molar-refractivity contribution in [3.63, 3.8) is 0 Å². The summed E-state index contributed by atoms with van der Waals surface area (Å²) in [6, 6.07) is 30.8. The van der Waals surface area contributed by atoms with E-state index in [1.165, 1.54) is 27.8 Å². The minimum Gasteiger partial charge on any atom is -0.0842 e. The van der Waals surface area contributed by atoms with Crippen molar-refractivity contribution in [2.24, 2.45) is 0 Å². The normalized spacial score (nSPS) is 14.7. The minimum absolute atomic E-state index is 0.354. The van der Waals surface area contributed by atoms with Crippen LogP contribution in [0.25, 0.3) is 0 Å². The van der Waals surface area contributed by atoms with Gasteiger partial charge in [0.2, 0.25) is 0 Å². The average Bonchev–Trinajstić information content (AvgIpc) is 2.72. The maximum absolute atomic E-state index is 2.31. The van der Waals surface area contributed by atoms with Crippen LogP contribution in [0.4, 0.5) is 0 Å². The van der Waals surface area contributed by atoms with Crippen molar-refractivity contribution >= 4 is 0 Å². The van der Waals surface area contributed by atoms with Crippen LogP contribution >= 0.6 is 0 Å². The lowest BCUT2D eigenvalue weighted by Gasteiger charge is -2.23. The lowest BCUT2D eigenvalue weighted by atomic mass is 9.81. The number of hydrogen-bond donors (Lipinski definition) is 0. The van der Waals surface area contributed by atoms with E-state index in [1.54, 1.807) is 0 Å². The zero-order valence-electron chi connectivity index (χ0n) is 15.0. The van der Waals surface area contributed by atoms with Crippen LogP contribution in [0.2, 0.25) is 0 Å². The second-order valence-electron chi connectivity index (χ2n) is 6.96. The van der Waals surface area contributed by atoms with Crippen molar-refractivity contribution < 1.29 is 0 Å². The second-order valence-corrected chi connectivity index (χ2v) is 6.96. The van der Waals surface area contributed by atoms with Gasteiger partial charge in [-0.25, -0.2) is 0 Å². The van der Waals surface area contributed by atoms with Gasteiger partial charge >= 0.3 is 0 Å². The lowest BCUT2D eigenvalue weighted by Crippen LogP contribution is -2.06. The summed E-state index contributed by atoms with van der Waals surface area (Å²) in [7, 11) is 0. The van der Waals surface area contributed by atoms with Crippen molar-refractivity contribution in [3.05, 3.63) is 131 Å². The first-order chi connectivity index (χ1) is 12.9.